The van der Waals surface area contributed by atoms with Crippen LogP contribution in [0.1, 0.15) is 17.7 Å². The number of hydrogen-bond acceptors (Lipinski definition) is 5. The molecule has 0 amide bonds. The summed E-state index contributed by atoms with van der Waals surface area (Å²) in [5.74, 6) is -0.412. The van der Waals surface area contributed by atoms with Crippen LogP contribution in [0.5, 0.6) is 0 Å². The van der Waals surface area contributed by atoms with Crippen molar-refractivity contribution < 1.29 is 21.6 Å². The number of benzene rings is 1. The summed E-state index contributed by atoms with van der Waals surface area (Å²) in [6, 6.07) is 4.97. The summed E-state index contributed by atoms with van der Waals surface area (Å²) in [5, 5.41) is 12.9. The zero-order valence-electron chi connectivity index (χ0n) is 14.3. The summed E-state index contributed by atoms with van der Waals surface area (Å²) in [6.07, 6.45) is -0.271. The molecule has 28 heavy (non-hydrogen) atoms. The van der Waals surface area contributed by atoms with Crippen LogP contribution in [0.3, 0.4) is 0 Å². The van der Waals surface area contributed by atoms with Gasteiger partial charge in [-0.1, -0.05) is 6.08 Å². The van der Waals surface area contributed by atoms with Gasteiger partial charge in [0.2, 0.25) is 0 Å². The first-order valence-corrected chi connectivity index (χ1v) is 10.1. The lowest BCUT2D eigenvalue weighted by molar-refractivity contribution is -0.141. The van der Waals surface area contributed by atoms with Crippen LogP contribution in [0.15, 0.2) is 47.2 Å². The highest BCUT2D eigenvalue weighted by molar-refractivity contribution is 7.91. The van der Waals surface area contributed by atoms with Crippen molar-refractivity contribution in [1.29, 1.82) is 0 Å². The molecule has 0 atom stereocenters. The number of rotatable bonds is 3. The van der Waals surface area contributed by atoms with Gasteiger partial charge in [-0.25, -0.2) is 13.4 Å². The molecular formula is C17H14F3N5O2S. The Balaban J connectivity index is 1.89. The highest BCUT2D eigenvalue weighted by Crippen LogP contribution is 2.33. The number of aromatic nitrogens is 4. The summed E-state index contributed by atoms with van der Waals surface area (Å²) in [5.41, 5.74) is -0.0679. The standard InChI is InChI=1S/C17H14F3N5O2S/c18-17(19,20)16-13(8-22-25-16)15(10-2-1-5-28(26,27)9-10)23-12-3-4-14-11(6-12)7-21-24-14/h2-4,6-8H,1,5,9H2,(H,21,24)(H,22,25). The van der Waals surface area contributed by atoms with E-state index in [2.05, 4.69) is 20.3 Å². The molecule has 0 aliphatic carbocycles. The van der Waals surface area contributed by atoms with Crippen LogP contribution >= 0.6 is 0 Å². The zero-order valence-corrected chi connectivity index (χ0v) is 15.1. The molecule has 0 saturated carbocycles. The van der Waals surface area contributed by atoms with Crippen molar-refractivity contribution in [3.63, 3.8) is 0 Å². The van der Waals surface area contributed by atoms with Crippen LogP contribution in [0.2, 0.25) is 0 Å². The Hall–Kier alpha value is -2.95. The molecule has 0 unspecified atom stereocenters. The highest BCUT2D eigenvalue weighted by atomic mass is 32.2. The largest absolute Gasteiger partial charge is 0.433 e. The summed E-state index contributed by atoms with van der Waals surface area (Å²) in [6.45, 7) is 0. The van der Waals surface area contributed by atoms with E-state index >= 15 is 0 Å². The van der Waals surface area contributed by atoms with E-state index in [4.69, 9.17) is 0 Å². The van der Waals surface area contributed by atoms with Gasteiger partial charge in [0.15, 0.2) is 9.84 Å². The van der Waals surface area contributed by atoms with Crippen molar-refractivity contribution in [1.82, 2.24) is 20.4 Å². The van der Waals surface area contributed by atoms with E-state index < -0.39 is 21.7 Å². The third-order valence-corrected chi connectivity index (χ3v) is 5.95. The number of H-pyrrole nitrogens is 2. The minimum Gasteiger partial charge on any atom is -0.278 e. The molecule has 146 valence electrons. The van der Waals surface area contributed by atoms with Crippen LogP contribution in [-0.4, -0.2) is 46.0 Å². The van der Waals surface area contributed by atoms with Crippen molar-refractivity contribution in [2.24, 2.45) is 4.99 Å². The summed E-state index contributed by atoms with van der Waals surface area (Å²) in [4.78, 5) is 4.38. The number of sulfone groups is 1. The van der Waals surface area contributed by atoms with Gasteiger partial charge in [-0.2, -0.15) is 23.4 Å². The molecule has 0 radical (unpaired) electrons. The van der Waals surface area contributed by atoms with E-state index in [1.165, 1.54) is 0 Å². The molecule has 0 spiro atoms. The van der Waals surface area contributed by atoms with Gasteiger partial charge < -0.3 is 0 Å². The molecule has 1 aliphatic rings. The van der Waals surface area contributed by atoms with Gasteiger partial charge in [0.05, 0.1) is 46.4 Å². The lowest BCUT2D eigenvalue weighted by Crippen LogP contribution is -2.23. The van der Waals surface area contributed by atoms with Gasteiger partial charge in [0.25, 0.3) is 0 Å². The average Bonchev–Trinajstić information content (AvgIpc) is 3.27. The molecule has 3 aromatic rings. The molecule has 3 heterocycles. The highest BCUT2D eigenvalue weighted by Gasteiger charge is 2.38. The fourth-order valence-electron chi connectivity index (χ4n) is 3.06. The van der Waals surface area contributed by atoms with E-state index in [1.54, 1.807) is 30.5 Å². The van der Waals surface area contributed by atoms with Gasteiger partial charge in [-0.3, -0.25) is 10.2 Å². The van der Waals surface area contributed by atoms with Crippen LogP contribution in [0, 0.1) is 0 Å². The second-order valence-corrected chi connectivity index (χ2v) is 8.55. The Bertz CT molecular complexity index is 1200. The molecule has 1 aromatic carbocycles. The van der Waals surface area contributed by atoms with E-state index in [1.807, 2.05) is 5.10 Å². The minimum absolute atomic E-state index is 0.0394. The van der Waals surface area contributed by atoms with E-state index in [0.29, 0.717) is 5.69 Å². The maximum atomic E-state index is 13.4. The van der Waals surface area contributed by atoms with Crippen LogP contribution in [0.4, 0.5) is 18.9 Å². The first-order valence-electron chi connectivity index (χ1n) is 8.25. The lowest BCUT2D eigenvalue weighted by Gasteiger charge is -2.17. The normalized spacial score (nSPS) is 17.7. The Labute approximate surface area is 157 Å². The third kappa shape index (κ3) is 3.57. The Morgan fingerprint density at radius 2 is 1.93 bits per heavy atom. The van der Waals surface area contributed by atoms with Crippen LogP contribution in [-0.2, 0) is 16.0 Å². The lowest BCUT2D eigenvalue weighted by atomic mass is 10.0. The molecule has 2 aromatic heterocycles. The van der Waals surface area contributed by atoms with E-state index in [-0.39, 0.29) is 34.8 Å². The predicted octanol–water partition coefficient (Wildman–Crippen LogP) is 3.17. The van der Waals surface area contributed by atoms with E-state index in [0.717, 1.165) is 17.1 Å². The maximum Gasteiger partial charge on any atom is 0.433 e. The van der Waals surface area contributed by atoms with Crippen molar-refractivity contribution in [3.05, 3.63) is 53.5 Å². The maximum absolute atomic E-state index is 13.4. The predicted molar refractivity (Wildman–Crippen MR) is 97.2 cm³/mol. The van der Waals surface area contributed by atoms with Gasteiger partial charge in [-0.05, 0) is 30.2 Å². The third-order valence-electron chi connectivity index (χ3n) is 4.34. The quantitative estimate of drug-likeness (QED) is 0.649. The molecule has 2 N–H and O–H groups in total. The fraction of sp³-hybridized carbons (Fsp3) is 0.235. The molecule has 0 fully saturated rings. The summed E-state index contributed by atoms with van der Waals surface area (Å²) in [7, 11) is -3.41. The summed E-state index contributed by atoms with van der Waals surface area (Å²) >= 11 is 0. The SMILES string of the molecule is O=S1(=O)CCC=C(C(=Nc2ccc3[nH]ncc3c2)c2cn[nH]c2C(F)(F)F)C1. The summed E-state index contributed by atoms with van der Waals surface area (Å²) < 4.78 is 64.3. The minimum atomic E-state index is -4.69. The number of allylic oxidation sites excluding steroid dienone is 1. The monoisotopic (exact) mass is 409 g/mol. The Morgan fingerprint density at radius 3 is 2.68 bits per heavy atom. The zero-order chi connectivity index (χ0) is 19.9. The average molecular weight is 409 g/mol. The van der Waals surface area contributed by atoms with Crippen molar-refractivity contribution in [2.45, 2.75) is 12.6 Å². The molecule has 1 aliphatic heterocycles. The van der Waals surface area contributed by atoms with Crippen LogP contribution in [0.25, 0.3) is 10.9 Å². The topological polar surface area (TPSA) is 104 Å². The van der Waals surface area contributed by atoms with Gasteiger partial charge in [-0.15, -0.1) is 0 Å². The second-order valence-electron chi connectivity index (χ2n) is 6.37. The van der Waals surface area contributed by atoms with Crippen molar-refractivity contribution in [3.8, 4) is 0 Å². The van der Waals surface area contributed by atoms with Gasteiger partial charge in [0, 0.05) is 5.39 Å². The smallest absolute Gasteiger partial charge is 0.278 e. The van der Waals surface area contributed by atoms with Crippen molar-refractivity contribution >= 4 is 32.1 Å². The number of nitrogens with zero attached hydrogens (tertiary/aromatic N) is 3. The number of hydrogen-bond donors (Lipinski definition) is 2. The number of aliphatic imine (C=N–C) groups is 1. The first kappa shape index (κ1) is 18.4. The van der Waals surface area contributed by atoms with Crippen LogP contribution < -0.4 is 0 Å². The molecule has 4 rings (SSSR count). The number of nitrogens with one attached hydrogen (secondary N) is 2. The van der Waals surface area contributed by atoms with Gasteiger partial charge in [0.1, 0.15) is 5.69 Å². The molecule has 0 bridgehead atoms. The van der Waals surface area contributed by atoms with Gasteiger partial charge >= 0.3 is 6.18 Å². The number of halogens is 3. The van der Waals surface area contributed by atoms with Crippen molar-refractivity contribution in [2.75, 3.05) is 11.5 Å². The Kier molecular flexibility index (Phi) is 4.33. The fourth-order valence-corrected chi connectivity index (χ4v) is 4.41. The first-order chi connectivity index (χ1) is 13.2. The molecule has 7 nitrogen and oxygen atoms in total. The number of alkyl halides is 3. The number of aromatic amines is 2. The number of fused-ring (bicyclic) bond motifs is 1. The molecular weight excluding hydrogens is 395 g/mol. The van der Waals surface area contributed by atoms with E-state index in [9.17, 15) is 21.6 Å². The molecule has 11 heteroatoms. The Morgan fingerprint density at radius 1 is 1.14 bits per heavy atom. The second kappa shape index (κ2) is 6.59. The molecule has 0 saturated heterocycles.